The van der Waals surface area contributed by atoms with Crippen LogP contribution in [-0.4, -0.2) is 31.7 Å². The molecule has 0 spiro atoms. The number of hydrogen-bond donors (Lipinski definition) is 2. The fourth-order valence-electron chi connectivity index (χ4n) is 3.30. The minimum Gasteiger partial charge on any atom is -0.507 e. The number of rotatable bonds is 8. The number of nitrogens with zero attached hydrogens (tertiary/aromatic N) is 3. The average Bonchev–Trinajstić information content (AvgIpc) is 3.35. The quantitative estimate of drug-likeness (QED) is 0.248. The first-order valence-corrected chi connectivity index (χ1v) is 12.6. The third-order valence-electron chi connectivity index (χ3n) is 4.89. The first kappa shape index (κ1) is 24.8. The van der Waals surface area contributed by atoms with Gasteiger partial charge in [-0.15, -0.1) is 5.10 Å². The Morgan fingerprint density at radius 3 is 2.34 bits per heavy atom. The molecule has 0 fully saturated rings. The lowest BCUT2D eigenvalue weighted by atomic mass is 10.1. The SMILES string of the molecule is O=C(O)Cc1cc(Br)c(Oc2ccc(O)c(C(=O)N(Cc3ccccc3)c3csnn3)c2)c(Br)c1. The van der Waals surface area contributed by atoms with E-state index in [2.05, 4.69) is 41.4 Å². The monoisotopic (exact) mass is 617 g/mol. The molecule has 0 aliphatic carbocycles. The molecule has 8 nitrogen and oxygen atoms in total. The van der Waals surface area contributed by atoms with Crippen molar-refractivity contribution in [2.24, 2.45) is 0 Å². The molecule has 3 aromatic carbocycles. The topological polar surface area (TPSA) is 113 Å². The molecular formula is C24H17Br2N3O5S. The van der Waals surface area contributed by atoms with Crippen LogP contribution in [0.2, 0.25) is 0 Å². The van der Waals surface area contributed by atoms with Crippen LogP contribution in [0.5, 0.6) is 17.2 Å². The number of carboxylic acids is 1. The van der Waals surface area contributed by atoms with Crippen molar-refractivity contribution in [2.75, 3.05) is 4.90 Å². The Labute approximate surface area is 221 Å². The largest absolute Gasteiger partial charge is 0.507 e. The molecule has 0 saturated carbocycles. The maximum atomic E-state index is 13.5. The van der Waals surface area contributed by atoms with Crippen LogP contribution in [-0.2, 0) is 17.8 Å². The Balaban J connectivity index is 1.64. The van der Waals surface area contributed by atoms with E-state index in [1.807, 2.05) is 30.3 Å². The number of anilines is 1. The van der Waals surface area contributed by atoms with Gasteiger partial charge in [0, 0.05) is 0 Å². The summed E-state index contributed by atoms with van der Waals surface area (Å²) in [6.07, 6.45) is -0.141. The van der Waals surface area contributed by atoms with E-state index in [4.69, 9.17) is 9.84 Å². The normalized spacial score (nSPS) is 10.7. The molecular weight excluding hydrogens is 602 g/mol. The summed E-state index contributed by atoms with van der Waals surface area (Å²) in [4.78, 5) is 26.0. The van der Waals surface area contributed by atoms with Gasteiger partial charge >= 0.3 is 5.97 Å². The molecule has 0 aliphatic rings. The average molecular weight is 619 g/mol. The van der Waals surface area contributed by atoms with Crippen LogP contribution in [0.1, 0.15) is 21.5 Å². The van der Waals surface area contributed by atoms with Gasteiger partial charge < -0.3 is 14.9 Å². The number of aromatic nitrogens is 2. The number of amides is 1. The summed E-state index contributed by atoms with van der Waals surface area (Å²) < 4.78 is 10.9. The number of carbonyl (C=O) groups is 2. The summed E-state index contributed by atoms with van der Waals surface area (Å²) in [5.74, 6) is -0.566. The van der Waals surface area contributed by atoms with Gasteiger partial charge in [-0.25, -0.2) is 0 Å². The molecule has 0 unspecified atom stereocenters. The summed E-state index contributed by atoms with van der Waals surface area (Å²) in [7, 11) is 0. The lowest BCUT2D eigenvalue weighted by molar-refractivity contribution is -0.136. The molecule has 4 aromatic rings. The molecule has 0 saturated heterocycles. The molecule has 35 heavy (non-hydrogen) atoms. The molecule has 1 amide bonds. The number of aliphatic carboxylic acids is 1. The standard InChI is InChI=1S/C24H17Br2N3O5S/c25-18-8-15(10-22(31)32)9-19(26)23(18)34-16-6-7-20(30)17(11-16)24(33)29(21-13-35-28-27-21)12-14-4-2-1-3-5-14/h1-9,11,13,30H,10,12H2,(H,31,32). The zero-order valence-electron chi connectivity index (χ0n) is 17.9. The fraction of sp³-hybridized carbons (Fsp3) is 0.0833. The molecule has 11 heteroatoms. The van der Waals surface area contributed by atoms with Crippen LogP contribution in [0.25, 0.3) is 0 Å². The van der Waals surface area contributed by atoms with E-state index in [0.29, 0.717) is 31.8 Å². The molecule has 0 bridgehead atoms. The zero-order valence-corrected chi connectivity index (χ0v) is 21.9. The third-order valence-corrected chi connectivity index (χ3v) is 6.56. The van der Waals surface area contributed by atoms with Crippen molar-refractivity contribution >= 4 is 61.1 Å². The molecule has 4 rings (SSSR count). The highest BCUT2D eigenvalue weighted by Gasteiger charge is 2.24. The van der Waals surface area contributed by atoms with E-state index in [-0.39, 0.29) is 24.3 Å². The predicted octanol–water partition coefficient (Wildman–Crippen LogP) is 6.04. The molecule has 0 radical (unpaired) electrons. The number of carbonyl (C=O) groups excluding carboxylic acids is 1. The minimum absolute atomic E-state index is 0.0289. The van der Waals surface area contributed by atoms with Crippen molar-refractivity contribution in [1.82, 2.24) is 9.59 Å². The van der Waals surface area contributed by atoms with Gasteiger partial charge in [0.15, 0.2) is 11.6 Å². The summed E-state index contributed by atoms with van der Waals surface area (Å²) in [5, 5.41) is 25.2. The molecule has 0 aliphatic heterocycles. The summed E-state index contributed by atoms with van der Waals surface area (Å²) in [6, 6.07) is 17.1. The smallest absolute Gasteiger partial charge is 0.307 e. The Hall–Kier alpha value is -3.28. The van der Waals surface area contributed by atoms with E-state index < -0.39 is 11.9 Å². The molecule has 178 valence electrons. The van der Waals surface area contributed by atoms with Gasteiger partial charge in [-0.3, -0.25) is 14.5 Å². The highest BCUT2D eigenvalue weighted by atomic mass is 79.9. The third kappa shape index (κ3) is 6.05. The maximum Gasteiger partial charge on any atom is 0.307 e. The summed E-state index contributed by atoms with van der Waals surface area (Å²) in [5.41, 5.74) is 1.50. The number of carboxylic acid groups (broad SMARTS) is 1. The number of ether oxygens (including phenoxy) is 1. The van der Waals surface area contributed by atoms with Crippen molar-refractivity contribution in [3.63, 3.8) is 0 Å². The van der Waals surface area contributed by atoms with Crippen molar-refractivity contribution < 1.29 is 24.5 Å². The van der Waals surface area contributed by atoms with Gasteiger partial charge in [0.1, 0.15) is 11.5 Å². The number of halogens is 2. The fourth-order valence-corrected chi connectivity index (χ4v) is 5.19. The highest BCUT2D eigenvalue weighted by molar-refractivity contribution is 9.11. The summed E-state index contributed by atoms with van der Waals surface area (Å²) in [6.45, 7) is 0.234. The number of phenolic OH excluding ortho intramolecular Hbond substituents is 1. The van der Waals surface area contributed by atoms with E-state index in [1.54, 1.807) is 17.5 Å². The lowest BCUT2D eigenvalue weighted by Crippen LogP contribution is -2.30. The van der Waals surface area contributed by atoms with Crippen LogP contribution in [0, 0.1) is 0 Å². The van der Waals surface area contributed by atoms with Crippen molar-refractivity contribution in [1.29, 1.82) is 0 Å². The Morgan fingerprint density at radius 2 is 1.71 bits per heavy atom. The number of phenols is 1. The minimum atomic E-state index is -0.950. The van der Waals surface area contributed by atoms with Gasteiger partial charge in [0.05, 0.1) is 32.9 Å². The molecule has 0 atom stereocenters. The van der Waals surface area contributed by atoms with Crippen LogP contribution < -0.4 is 9.64 Å². The zero-order chi connectivity index (χ0) is 24.9. The van der Waals surface area contributed by atoms with Crippen molar-refractivity contribution in [2.45, 2.75) is 13.0 Å². The van der Waals surface area contributed by atoms with Gasteiger partial charge in [-0.1, -0.05) is 34.8 Å². The maximum absolute atomic E-state index is 13.5. The van der Waals surface area contributed by atoms with E-state index >= 15 is 0 Å². The second kappa shape index (κ2) is 11.0. The lowest BCUT2D eigenvalue weighted by Gasteiger charge is -2.21. The van der Waals surface area contributed by atoms with Crippen molar-refractivity contribution in [3.8, 4) is 17.2 Å². The Bertz CT molecular complexity index is 1340. The first-order chi connectivity index (χ1) is 16.8. The van der Waals surface area contributed by atoms with Crippen LogP contribution in [0.4, 0.5) is 5.82 Å². The van der Waals surface area contributed by atoms with Crippen LogP contribution in [0.15, 0.2) is 75.0 Å². The van der Waals surface area contributed by atoms with E-state index in [9.17, 15) is 14.7 Å². The van der Waals surface area contributed by atoms with Gasteiger partial charge in [-0.05, 0) is 84.9 Å². The van der Waals surface area contributed by atoms with E-state index in [0.717, 1.165) is 17.1 Å². The molecule has 1 heterocycles. The predicted molar refractivity (Wildman–Crippen MR) is 138 cm³/mol. The van der Waals surface area contributed by atoms with Crippen molar-refractivity contribution in [3.05, 3.63) is 91.7 Å². The molecule has 2 N–H and O–H groups in total. The van der Waals surface area contributed by atoms with E-state index in [1.165, 1.54) is 23.1 Å². The Kier molecular flexibility index (Phi) is 7.79. The number of hydrogen-bond acceptors (Lipinski definition) is 7. The highest BCUT2D eigenvalue weighted by Crippen LogP contribution is 2.39. The first-order valence-electron chi connectivity index (χ1n) is 10.1. The van der Waals surface area contributed by atoms with Gasteiger partial charge in [-0.2, -0.15) is 0 Å². The second-order valence-corrected chi connectivity index (χ2v) is 9.70. The van der Waals surface area contributed by atoms with Gasteiger partial charge in [0.2, 0.25) is 0 Å². The van der Waals surface area contributed by atoms with Crippen LogP contribution in [0.3, 0.4) is 0 Å². The van der Waals surface area contributed by atoms with Crippen LogP contribution >= 0.6 is 43.4 Å². The van der Waals surface area contributed by atoms with Gasteiger partial charge in [0.25, 0.3) is 5.91 Å². The number of benzene rings is 3. The molecule has 1 aromatic heterocycles. The number of aromatic hydroxyl groups is 1. The Morgan fingerprint density at radius 1 is 1.00 bits per heavy atom. The summed E-state index contributed by atoms with van der Waals surface area (Å²) >= 11 is 7.93. The second-order valence-electron chi connectivity index (χ2n) is 7.38.